The summed E-state index contributed by atoms with van der Waals surface area (Å²) in [5.41, 5.74) is 1.78. The Kier molecular flexibility index (Phi) is 8.59. The summed E-state index contributed by atoms with van der Waals surface area (Å²) >= 11 is 0. The minimum Gasteiger partial charge on any atom is -0.457 e. The Morgan fingerprint density at radius 1 is 0.829 bits per heavy atom. The molecule has 1 unspecified atom stereocenters. The van der Waals surface area contributed by atoms with Gasteiger partial charge in [-0.25, -0.2) is 31.5 Å². The number of anilines is 3. The number of para-hydroxylation sites is 1. The molecule has 1 amide bonds. The molecule has 0 bridgehead atoms. The van der Waals surface area contributed by atoms with Crippen molar-refractivity contribution in [2.45, 2.75) is 31.7 Å². The van der Waals surface area contributed by atoms with Crippen molar-refractivity contribution in [2.75, 3.05) is 20.6 Å². The van der Waals surface area contributed by atoms with Crippen molar-refractivity contribution in [2.24, 2.45) is 0 Å². The highest BCUT2D eigenvalue weighted by Gasteiger charge is 2.29. The van der Waals surface area contributed by atoms with Gasteiger partial charge < -0.3 is 10.1 Å². The highest BCUT2D eigenvalue weighted by molar-refractivity contribution is 7.92. The number of nitrogens with one attached hydrogen (secondary N) is 2. The smallest absolute Gasteiger partial charge is 0.264 e. The Hall–Kier alpha value is -4.49. The van der Waals surface area contributed by atoms with Crippen LogP contribution in [0, 0.1) is 13.8 Å². The van der Waals surface area contributed by atoms with E-state index in [2.05, 4.69) is 20.0 Å². The van der Waals surface area contributed by atoms with Gasteiger partial charge in [0.25, 0.3) is 10.0 Å². The van der Waals surface area contributed by atoms with Gasteiger partial charge in [0.15, 0.2) is 0 Å². The lowest BCUT2D eigenvalue weighted by Gasteiger charge is -2.28. The number of aryl methyl sites for hydroxylation is 2. The normalized spacial score (nSPS) is 12.3. The number of carbonyl (C=O) groups excluding carboxylic acids is 1. The number of hydrogen-bond donors (Lipinski definition) is 2. The van der Waals surface area contributed by atoms with Gasteiger partial charge in [-0.05, 0) is 87.5 Å². The third-order valence-corrected chi connectivity index (χ3v) is 8.38. The maximum atomic E-state index is 13.1. The summed E-state index contributed by atoms with van der Waals surface area (Å²) in [5.74, 6) is 0.465. The summed E-state index contributed by atoms with van der Waals surface area (Å²) in [6, 6.07) is 21.5. The molecule has 0 aliphatic heterocycles. The fourth-order valence-electron chi connectivity index (χ4n) is 4.01. The number of sulfonamides is 2. The lowest BCUT2D eigenvalue weighted by molar-refractivity contribution is -0.116. The van der Waals surface area contributed by atoms with Crippen molar-refractivity contribution in [1.29, 1.82) is 0 Å². The van der Waals surface area contributed by atoms with Gasteiger partial charge in [-0.3, -0.25) is 9.10 Å². The summed E-state index contributed by atoms with van der Waals surface area (Å²) in [4.78, 5) is 21.2. The third kappa shape index (κ3) is 7.58. The van der Waals surface area contributed by atoms with Crippen LogP contribution in [0.2, 0.25) is 0 Å². The first-order valence-electron chi connectivity index (χ1n) is 12.4. The van der Waals surface area contributed by atoms with E-state index in [-0.39, 0.29) is 22.2 Å². The number of nitrogens with zero attached hydrogens (tertiary/aromatic N) is 3. The van der Waals surface area contributed by atoms with Crippen molar-refractivity contribution in [3.63, 3.8) is 0 Å². The van der Waals surface area contributed by atoms with Crippen molar-refractivity contribution >= 4 is 43.3 Å². The lowest BCUT2D eigenvalue weighted by atomic mass is 10.2. The van der Waals surface area contributed by atoms with Crippen LogP contribution in [0.1, 0.15) is 18.3 Å². The molecule has 0 saturated carbocycles. The molecule has 0 aliphatic rings. The molecule has 1 heterocycles. The van der Waals surface area contributed by atoms with Crippen molar-refractivity contribution < 1.29 is 26.4 Å². The van der Waals surface area contributed by atoms with E-state index in [0.29, 0.717) is 22.9 Å². The molecule has 0 radical (unpaired) electrons. The van der Waals surface area contributed by atoms with E-state index in [0.717, 1.165) is 10.6 Å². The molecule has 1 aromatic heterocycles. The van der Waals surface area contributed by atoms with Gasteiger partial charge in [0.05, 0.1) is 16.8 Å². The molecule has 2 N–H and O–H groups in total. The molecule has 3 aromatic carbocycles. The Labute approximate surface area is 239 Å². The van der Waals surface area contributed by atoms with Gasteiger partial charge in [-0.2, -0.15) is 0 Å². The number of carbonyl (C=O) groups is 1. The standard InChI is InChI=1S/C28H29N5O6S2/c1-19-18-20(2)30-28(29-19)32-41(37,38)26-16-10-22(11-17-26)31-27(34)21(3)33(40(4,35)36)23-12-14-25(15-13-23)39-24-8-6-5-7-9-24/h5-18,21H,1-4H3,(H,31,34)(H,29,30,32). The third-order valence-electron chi connectivity index (χ3n) is 5.80. The lowest BCUT2D eigenvalue weighted by Crippen LogP contribution is -2.45. The van der Waals surface area contributed by atoms with Gasteiger partial charge in [0.1, 0.15) is 17.5 Å². The predicted octanol–water partition coefficient (Wildman–Crippen LogP) is 4.48. The van der Waals surface area contributed by atoms with Crippen LogP contribution in [0.4, 0.5) is 17.3 Å². The highest BCUT2D eigenvalue weighted by Crippen LogP contribution is 2.27. The quantitative estimate of drug-likeness (QED) is 0.273. The number of benzene rings is 3. The average molecular weight is 596 g/mol. The van der Waals surface area contributed by atoms with Gasteiger partial charge in [-0.15, -0.1) is 0 Å². The van der Waals surface area contributed by atoms with E-state index in [1.54, 1.807) is 56.3 Å². The summed E-state index contributed by atoms with van der Waals surface area (Å²) in [6.07, 6.45) is 1.01. The number of amides is 1. The Balaban J connectivity index is 1.46. The first kappa shape index (κ1) is 29.5. The van der Waals surface area contributed by atoms with Crippen LogP contribution in [-0.4, -0.2) is 45.0 Å². The van der Waals surface area contributed by atoms with E-state index in [4.69, 9.17) is 4.74 Å². The SMILES string of the molecule is Cc1cc(C)nc(NS(=O)(=O)c2ccc(NC(=O)C(C)N(c3ccc(Oc4ccccc4)cc3)S(C)(=O)=O)cc2)n1. The maximum Gasteiger partial charge on any atom is 0.264 e. The second-order valence-corrected chi connectivity index (χ2v) is 12.8. The molecular formula is C28H29N5O6S2. The zero-order valence-corrected chi connectivity index (χ0v) is 24.4. The Bertz CT molecular complexity index is 1730. The Morgan fingerprint density at radius 3 is 1.95 bits per heavy atom. The van der Waals surface area contributed by atoms with Gasteiger partial charge >= 0.3 is 0 Å². The molecule has 4 rings (SSSR count). The van der Waals surface area contributed by atoms with Gasteiger partial charge in [0.2, 0.25) is 21.9 Å². The number of ether oxygens (including phenoxy) is 1. The molecule has 11 nitrogen and oxygen atoms in total. The maximum absolute atomic E-state index is 13.1. The van der Waals surface area contributed by atoms with Gasteiger partial charge in [-0.1, -0.05) is 18.2 Å². The van der Waals surface area contributed by atoms with E-state index in [9.17, 15) is 21.6 Å². The monoisotopic (exact) mass is 595 g/mol. The second-order valence-electron chi connectivity index (χ2n) is 9.24. The molecule has 4 aromatic rings. The summed E-state index contributed by atoms with van der Waals surface area (Å²) in [7, 11) is -7.84. The van der Waals surface area contributed by atoms with E-state index < -0.39 is 32.0 Å². The van der Waals surface area contributed by atoms with Crippen molar-refractivity contribution in [1.82, 2.24) is 9.97 Å². The van der Waals surface area contributed by atoms with E-state index >= 15 is 0 Å². The molecule has 41 heavy (non-hydrogen) atoms. The predicted molar refractivity (Wildman–Crippen MR) is 157 cm³/mol. The van der Waals surface area contributed by atoms with Crippen LogP contribution in [0.25, 0.3) is 0 Å². The molecular weight excluding hydrogens is 566 g/mol. The summed E-state index contributed by atoms with van der Waals surface area (Å²) < 4.78 is 60.0. The van der Waals surface area contributed by atoms with Gasteiger partial charge in [0, 0.05) is 17.1 Å². The largest absolute Gasteiger partial charge is 0.457 e. The number of rotatable bonds is 10. The average Bonchev–Trinajstić information content (AvgIpc) is 2.89. The molecule has 13 heteroatoms. The first-order chi connectivity index (χ1) is 19.3. The van der Waals surface area contributed by atoms with Crippen LogP contribution >= 0.6 is 0 Å². The van der Waals surface area contributed by atoms with E-state index in [1.807, 2.05) is 18.2 Å². The van der Waals surface area contributed by atoms with Crippen LogP contribution < -0.4 is 19.1 Å². The number of aromatic nitrogens is 2. The minimum absolute atomic E-state index is 0.0470. The first-order valence-corrected chi connectivity index (χ1v) is 15.7. The molecule has 0 saturated heterocycles. The van der Waals surface area contributed by atoms with Crippen LogP contribution in [-0.2, 0) is 24.8 Å². The molecule has 0 spiro atoms. The summed E-state index contributed by atoms with van der Waals surface area (Å²) in [5, 5.41) is 2.64. The topological polar surface area (TPSA) is 148 Å². The Morgan fingerprint density at radius 2 is 1.39 bits per heavy atom. The number of hydrogen-bond acceptors (Lipinski definition) is 8. The van der Waals surface area contributed by atoms with Crippen LogP contribution in [0.3, 0.4) is 0 Å². The minimum atomic E-state index is -3.99. The van der Waals surface area contributed by atoms with Crippen LogP contribution in [0.15, 0.2) is 89.8 Å². The molecule has 1 atom stereocenters. The van der Waals surface area contributed by atoms with Crippen molar-refractivity contribution in [3.8, 4) is 11.5 Å². The fourth-order valence-corrected chi connectivity index (χ4v) is 6.13. The zero-order valence-electron chi connectivity index (χ0n) is 22.8. The van der Waals surface area contributed by atoms with Crippen molar-refractivity contribution in [3.05, 3.63) is 96.3 Å². The zero-order chi connectivity index (χ0) is 29.8. The molecule has 0 fully saturated rings. The summed E-state index contributed by atoms with van der Waals surface area (Å²) in [6.45, 7) is 4.91. The highest BCUT2D eigenvalue weighted by atomic mass is 32.2. The second kappa shape index (κ2) is 11.9. The van der Waals surface area contributed by atoms with E-state index in [1.165, 1.54) is 31.2 Å². The van der Waals surface area contributed by atoms with Crippen LogP contribution in [0.5, 0.6) is 11.5 Å². The molecule has 0 aliphatic carbocycles. The molecule has 214 valence electrons. The fraction of sp³-hybridized carbons (Fsp3) is 0.179.